The molecule has 0 aromatic carbocycles. The van der Waals surface area contributed by atoms with E-state index in [1.165, 1.54) is 0 Å². The zero-order valence-electron chi connectivity index (χ0n) is 13.9. The zero-order valence-corrected chi connectivity index (χ0v) is 13.9. The van der Waals surface area contributed by atoms with Crippen LogP contribution in [0.4, 0.5) is 0 Å². The van der Waals surface area contributed by atoms with Gasteiger partial charge in [0.15, 0.2) is 5.96 Å². The first-order valence-corrected chi connectivity index (χ1v) is 8.55. The summed E-state index contributed by atoms with van der Waals surface area (Å²) in [7, 11) is 2.04. The standard InChI is InChI=1S/C16H30N4O2/c1-3-17-16(18-12-15(21)19-14-4-5-14)20(2)9-6-13-7-10-22-11-8-13/h13-14H,3-12H2,1-2H3,(H,17,18)(H,19,21). The van der Waals surface area contributed by atoms with Crippen LogP contribution in [0.15, 0.2) is 4.99 Å². The molecule has 126 valence electrons. The number of nitrogens with zero attached hydrogens (tertiary/aromatic N) is 2. The summed E-state index contributed by atoms with van der Waals surface area (Å²) in [5.74, 6) is 1.59. The maximum atomic E-state index is 11.8. The molecule has 2 N–H and O–H groups in total. The van der Waals surface area contributed by atoms with Crippen LogP contribution < -0.4 is 10.6 Å². The number of amides is 1. The fourth-order valence-corrected chi connectivity index (χ4v) is 2.63. The van der Waals surface area contributed by atoms with Gasteiger partial charge in [-0.1, -0.05) is 0 Å². The number of nitrogens with one attached hydrogen (secondary N) is 2. The summed E-state index contributed by atoms with van der Waals surface area (Å²) in [6.07, 6.45) is 5.69. The van der Waals surface area contributed by atoms with E-state index < -0.39 is 0 Å². The van der Waals surface area contributed by atoms with Crippen molar-refractivity contribution >= 4 is 11.9 Å². The van der Waals surface area contributed by atoms with Gasteiger partial charge in [0.05, 0.1) is 0 Å². The molecule has 1 aliphatic carbocycles. The second-order valence-corrected chi connectivity index (χ2v) is 6.28. The summed E-state index contributed by atoms with van der Waals surface area (Å²) in [6.45, 7) is 5.81. The van der Waals surface area contributed by atoms with E-state index in [0.29, 0.717) is 6.04 Å². The maximum absolute atomic E-state index is 11.8. The Kier molecular flexibility index (Phi) is 6.96. The molecule has 1 amide bonds. The van der Waals surface area contributed by atoms with Crippen molar-refractivity contribution < 1.29 is 9.53 Å². The van der Waals surface area contributed by atoms with Crippen LogP contribution in [-0.2, 0) is 9.53 Å². The highest BCUT2D eigenvalue weighted by Gasteiger charge is 2.23. The Morgan fingerprint density at radius 3 is 2.64 bits per heavy atom. The molecular formula is C16H30N4O2. The van der Waals surface area contributed by atoms with E-state index in [0.717, 1.165) is 70.3 Å². The van der Waals surface area contributed by atoms with E-state index in [-0.39, 0.29) is 12.5 Å². The third kappa shape index (κ3) is 6.22. The van der Waals surface area contributed by atoms with Crippen LogP contribution in [0, 0.1) is 5.92 Å². The van der Waals surface area contributed by atoms with Gasteiger partial charge in [-0.05, 0) is 44.9 Å². The number of carbonyl (C=O) groups excluding carboxylic acids is 1. The van der Waals surface area contributed by atoms with Gasteiger partial charge >= 0.3 is 0 Å². The molecule has 0 atom stereocenters. The molecule has 0 unspecified atom stereocenters. The molecule has 1 heterocycles. The van der Waals surface area contributed by atoms with Gasteiger partial charge in [-0.3, -0.25) is 4.79 Å². The van der Waals surface area contributed by atoms with E-state index in [9.17, 15) is 4.79 Å². The zero-order chi connectivity index (χ0) is 15.8. The molecule has 0 aromatic rings. The third-order valence-corrected chi connectivity index (χ3v) is 4.22. The highest BCUT2D eigenvalue weighted by molar-refractivity contribution is 5.85. The molecule has 1 aliphatic heterocycles. The number of hydrogen-bond acceptors (Lipinski definition) is 3. The molecule has 2 fully saturated rings. The predicted molar refractivity (Wildman–Crippen MR) is 87.9 cm³/mol. The van der Waals surface area contributed by atoms with Crippen molar-refractivity contribution in [2.45, 2.75) is 45.1 Å². The van der Waals surface area contributed by atoms with Gasteiger partial charge < -0.3 is 20.3 Å². The lowest BCUT2D eigenvalue weighted by Crippen LogP contribution is -2.41. The first kappa shape index (κ1) is 17.1. The Morgan fingerprint density at radius 1 is 1.27 bits per heavy atom. The van der Waals surface area contributed by atoms with E-state index in [1.807, 2.05) is 14.0 Å². The van der Waals surface area contributed by atoms with Crippen LogP contribution in [0.5, 0.6) is 0 Å². The Hall–Kier alpha value is -1.30. The molecule has 0 radical (unpaired) electrons. The second-order valence-electron chi connectivity index (χ2n) is 6.28. The van der Waals surface area contributed by atoms with E-state index >= 15 is 0 Å². The van der Waals surface area contributed by atoms with Gasteiger partial charge in [0.25, 0.3) is 0 Å². The van der Waals surface area contributed by atoms with Crippen molar-refractivity contribution in [3.05, 3.63) is 0 Å². The van der Waals surface area contributed by atoms with Crippen molar-refractivity contribution in [3.8, 4) is 0 Å². The summed E-state index contributed by atoms with van der Waals surface area (Å²) >= 11 is 0. The molecule has 0 spiro atoms. The van der Waals surface area contributed by atoms with Crippen molar-refractivity contribution in [1.29, 1.82) is 0 Å². The van der Waals surface area contributed by atoms with Crippen LogP contribution in [-0.4, -0.2) is 62.7 Å². The number of guanidine groups is 1. The van der Waals surface area contributed by atoms with Gasteiger partial charge in [-0.15, -0.1) is 0 Å². The first-order valence-electron chi connectivity index (χ1n) is 8.55. The van der Waals surface area contributed by atoms with Crippen molar-refractivity contribution in [1.82, 2.24) is 15.5 Å². The molecule has 6 nitrogen and oxygen atoms in total. The van der Waals surface area contributed by atoms with Crippen molar-refractivity contribution in [2.24, 2.45) is 10.9 Å². The van der Waals surface area contributed by atoms with Gasteiger partial charge in [0.2, 0.25) is 5.91 Å². The van der Waals surface area contributed by atoms with Crippen molar-refractivity contribution in [3.63, 3.8) is 0 Å². The lowest BCUT2D eigenvalue weighted by molar-refractivity contribution is -0.119. The van der Waals surface area contributed by atoms with Crippen LogP contribution in [0.3, 0.4) is 0 Å². The Balaban J connectivity index is 1.75. The topological polar surface area (TPSA) is 66.0 Å². The highest BCUT2D eigenvalue weighted by atomic mass is 16.5. The number of hydrogen-bond donors (Lipinski definition) is 2. The van der Waals surface area contributed by atoms with E-state index in [1.54, 1.807) is 0 Å². The third-order valence-electron chi connectivity index (χ3n) is 4.22. The molecule has 2 rings (SSSR count). The van der Waals surface area contributed by atoms with Crippen LogP contribution in [0.2, 0.25) is 0 Å². The molecule has 0 bridgehead atoms. The smallest absolute Gasteiger partial charge is 0.242 e. The molecule has 1 saturated carbocycles. The molecule has 2 aliphatic rings. The largest absolute Gasteiger partial charge is 0.381 e. The average Bonchev–Trinajstić information content (AvgIpc) is 3.34. The molecule has 6 heteroatoms. The number of ether oxygens (including phenoxy) is 1. The summed E-state index contributed by atoms with van der Waals surface area (Å²) < 4.78 is 5.40. The van der Waals surface area contributed by atoms with E-state index in [4.69, 9.17) is 4.74 Å². The number of aliphatic imine (C=N–C) groups is 1. The van der Waals surface area contributed by atoms with E-state index in [2.05, 4.69) is 20.5 Å². The van der Waals surface area contributed by atoms with Gasteiger partial charge in [-0.25, -0.2) is 4.99 Å². The first-order chi connectivity index (χ1) is 10.7. The molecular weight excluding hydrogens is 280 g/mol. The summed E-state index contributed by atoms with van der Waals surface area (Å²) in [5, 5.41) is 6.23. The van der Waals surface area contributed by atoms with Crippen LogP contribution in [0.25, 0.3) is 0 Å². The fourth-order valence-electron chi connectivity index (χ4n) is 2.63. The molecule has 1 saturated heterocycles. The lowest BCUT2D eigenvalue weighted by Gasteiger charge is -2.26. The molecule has 22 heavy (non-hydrogen) atoms. The minimum atomic E-state index is 0.0238. The van der Waals surface area contributed by atoms with Gasteiger partial charge in [-0.2, -0.15) is 0 Å². The Bertz CT molecular complexity index is 376. The minimum absolute atomic E-state index is 0.0238. The summed E-state index contributed by atoms with van der Waals surface area (Å²) in [4.78, 5) is 18.3. The van der Waals surface area contributed by atoms with Gasteiger partial charge in [0, 0.05) is 39.4 Å². The average molecular weight is 310 g/mol. The fraction of sp³-hybridized carbons (Fsp3) is 0.875. The second kappa shape index (κ2) is 8.98. The summed E-state index contributed by atoms with van der Waals surface area (Å²) in [6, 6.07) is 0.400. The van der Waals surface area contributed by atoms with Crippen LogP contribution >= 0.6 is 0 Å². The SMILES string of the molecule is CCNC(=NCC(=O)NC1CC1)N(C)CCC1CCOCC1. The highest BCUT2D eigenvalue weighted by Crippen LogP contribution is 2.19. The maximum Gasteiger partial charge on any atom is 0.242 e. The summed E-state index contributed by atoms with van der Waals surface area (Å²) in [5.41, 5.74) is 0. The lowest BCUT2D eigenvalue weighted by atomic mass is 9.96. The van der Waals surface area contributed by atoms with Crippen molar-refractivity contribution in [2.75, 3.05) is 39.9 Å². The van der Waals surface area contributed by atoms with Crippen LogP contribution in [0.1, 0.15) is 39.0 Å². The predicted octanol–water partition coefficient (Wildman–Crippen LogP) is 0.979. The number of rotatable bonds is 7. The molecule has 0 aromatic heterocycles. The minimum Gasteiger partial charge on any atom is -0.381 e. The monoisotopic (exact) mass is 310 g/mol. The van der Waals surface area contributed by atoms with Gasteiger partial charge in [0.1, 0.15) is 6.54 Å². The Morgan fingerprint density at radius 2 is 2.00 bits per heavy atom. The normalized spacial score (nSPS) is 19.8. The number of carbonyl (C=O) groups is 1. The quantitative estimate of drug-likeness (QED) is 0.543. The Labute approximate surface area is 133 Å².